The normalized spacial score (nSPS) is 10.7. The van der Waals surface area contributed by atoms with E-state index in [-0.39, 0.29) is 30.1 Å². The lowest BCUT2D eigenvalue weighted by Crippen LogP contribution is -2.16. The topological polar surface area (TPSA) is 68.0 Å². The molecule has 0 aliphatic carbocycles. The van der Waals surface area contributed by atoms with Crippen LogP contribution in [0.3, 0.4) is 0 Å². The summed E-state index contributed by atoms with van der Waals surface area (Å²) in [7, 11) is 0. The molecule has 1 amide bonds. The number of amides is 1. The van der Waals surface area contributed by atoms with Crippen molar-refractivity contribution in [2.45, 2.75) is 27.2 Å². The number of hydrogen-bond acceptors (Lipinski definition) is 4. The number of anilines is 1. The van der Waals surface area contributed by atoms with Crippen LogP contribution in [0.25, 0.3) is 11.5 Å². The molecule has 0 unspecified atom stereocenters. The Balaban J connectivity index is 1.71. The first kappa shape index (κ1) is 16.8. The van der Waals surface area contributed by atoms with Crippen molar-refractivity contribution < 1.29 is 13.6 Å². The molecule has 0 aliphatic heterocycles. The van der Waals surface area contributed by atoms with Crippen molar-refractivity contribution in [3.05, 3.63) is 64.5 Å². The molecular formula is C19H18FN3O2. The number of benzene rings is 2. The van der Waals surface area contributed by atoms with Gasteiger partial charge in [-0.25, -0.2) is 4.39 Å². The first-order valence-electron chi connectivity index (χ1n) is 7.88. The smallest absolute Gasteiger partial charge is 0.322 e. The Morgan fingerprint density at radius 2 is 1.72 bits per heavy atom. The number of carbonyl (C=O) groups excluding carboxylic acids is 1. The molecule has 0 fully saturated rings. The summed E-state index contributed by atoms with van der Waals surface area (Å²) in [5, 5.41) is 10.3. The van der Waals surface area contributed by atoms with Crippen LogP contribution in [0.2, 0.25) is 0 Å². The molecule has 0 aliphatic rings. The molecule has 2 aromatic carbocycles. The summed E-state index contributed by atoms with van der Waals surface area (Å²) in [6, 6.07) is 9.80. The summed E-state index contributed by atoms with van der Waals surface area (Å²) in [6.45, 7) is 6.00. The third-order valence-corrected chi connectivity index (χ3v) is 3.94. The number of aromatic nitrogens is 2. The van der Waals surface area contributed by atoms with Crippen LogP contribution in [0.1, 0.15) is 22.3 Å². The van der Waals surface area contributed by atoms with Gasteiger partial charge in [-0.3, -0.25) is 10.1 Å². The molecule has 5 nitrogen and oxygen atoms in total. The predicted molar refractivity (Wildman–Crippen MR) is 92.7 cm³/mol. The third-order valence-electron chi connectivity index (χ3n) is 3.94. The predicted octanol–water partition coefficient (Wildman–Crippen LogP) is 3.98. The number of halogens is 1. The average molecular weight is 339 g/mol. The van der Waals surface area contributed by atoms with Crippen LogP contribution in [0.4, 0.5) is 10.4 Å². The lowest BCUT2D eigenvalue weighted by Gasteiger charge is -2.10. The second-order valence-corrected chi connectivity index (χ2v) is 6.02. The molecule has 1 aromatic heterocycles. The van der Waals surface area contributed by atoms with Crippen LogP contribution in [0, 0.1) is 26.6 Å². The minimum atomic E-state index is -0.347. The van der Waals surface area contributed by atoms with Gasteiger partial charge in [-0.05, 0) is 61.7 Å². The maximum absolute atomic E-state index is 13.0. The highest BCUT2D eigenvalue weighted by Gasteiger charge is 2.14. The van der Waals surface area contributed by atoms with Gasteiger partial charge in [-0.2, -0.15) is 0 Å². The van der Waals surface area contributed by atoms with Crippen molar-refractivity contribution in [3.63, 3.8) is 0 Å². The first-order chi connectivity index (χ1) is 11.9. The summed E-state index contributed by atoms with van der Waals surface area (Å²) in [6.07, 6.45) is 0.228. The summed E-state index contributed by atoms with van der Waals surface area (Å²) < 4.78 is 18.4. The number of nitrogens with one attached hydrogen (secondary N) is 1. The Kier molecular flexibility index (Phi) is 4.61. The zero-order valence-electron chi connectivity index (χ0n) is 14.3. The van der Waals surface area contributed by atoms with E-state index in [0.717, 1.165) is 16.7 Å². The maximum atomic E-state index is 13.0. The van der Waals surface area contributed by atoms with Gasteiger partial charge in [0.1, 0.15) is 5.82 Å². The lowest BCUT2D eigenvalue weighted by molar-refractivity contribution is -0.115. The van der Waals surface area contributed by atoms with E-state index in [0.29, 0.717) is 5.56 Å². The average Bonchev–Trinajstić information content (AvgIpc) is 3.00. The molecular weight excluding hydrogens is 321 g/mol. The molecule has 1 N–H and O–H groups in total. The van der Waals surface area contributed by atoms with Crippen LogP contribution in [-0.2, 0) is 11.2 Å². The van der Waals surface area contributed by atoms with Crippen LogP contribution < -0.4 is 5.32 Å². The second kappa shape index (κ2) is 6.84. The molecule has 25 heavy (non-hydrogen) atoms. The Labute approximate surface area is 144 Å². The highest BCUT2D eigenvalue weighted by Crippen LogP contribution is 2.21. The summed E-state index contributed by atoms with van der Waals surface area (Å²) >= 11 is 0. The fourth-order valence-corrected chi connectivity index (χ4v) is 2.80. The Hall–Kier alpha value is -3.02. The van der Waals surface area contributed by atoms with E-state index >= 15 is 0 Å². The summed E-state index contributed by atoms with van der Waals surface area (Å²) in [4.78, 5) is 12.3. The van der Waals surface area contributed by atoms with Crippen molar-refractivity contribution >= 4 is 11.9 Å². The van der Waals surface area contributed by atoms with Crippen molar-refractivity contribution in [2.75, 3.05) is 5.32 Å². The molecule has 3 aromatic rings. The monoisotopic (exact) mass is 339 g/mol. The summed E-state index contributed by atoms with van der Waals surface area (Å²) in [5.74, 6) is -0.358. The molecule has 0 spiro atoms. The Bertz CT molecular complexity index is 894. The standard InChI is InChI=1S/C19H18FN3O2/c1-11-8-12(2)16(13(3)9-11)10-17(24)21-19-23-22-18(25-19)14-4-6-15(20)7-5-14/h4-9H,10H2,1-3H3,(H,21,23,24). The maximum Gasteiger partial charge on any atom is 0.322 e. The Morgan fingerprint density at radius 3 is 2.36 bits per heavy atom. The molecule has 3 rings (SSSR count). The summed E-state index contributed by atoms with van der Waals surface area (Å²) in [5.41, 5.74) is 4.89. The largest absolute Gasteiger partial charge is 0.403 e. The van der Waals surface area contributed by atoms with Crippen LogP contribution in [0.15, 0.2) is 40.8 Å². The fraction of sp³-hybridized carbons (Fsp3) is 0.211. The number of carbonyl (C=O) groups is 1. The molecule has 0 bridgehead atoms. The van der Waals surface area contributed by atoms with Gasteiger partial charge in [0.05, 0.1) is 6.42 Å². The van der Waals surface area contributed by atoms with Crippen molar-refractivity contribution in [2.24, 2.45) is 0 Å². The van der Waals surface area contributed by atoms with E-state index in [2.05, 4.69) is 27.6 Å². The van der Waals surface area contributed by atoms with E-state index in [1.165, 1.54) is 29.8 Å². The van der Waals surface area contributed by atoms with Crippen molar-refractivity contribution in [1.29, 1.82) is 0 Å². The quantitative estimate of drug-likeness (QED) is 0.780. The van der Waals surface area contributed by atoms with Crippen LogP contribution in [-0.4, -0.2) is 16.1 Å². The van der Waals surface area contributed by atoms with Gasteiger partial charge in [-0.1, -0.05) is 22.8 Å². The van der Waals surface area contributed by atoms with E-state index in [4.69, 9.17) is 4.42 Å². The molecule has 0 radical (unpaired) electrons. The van der Waals surface area contributed by atoms with E-state index < -0.39 is 0 Å². The lowest BCUT2D eigenvalue weighted by atomic mass is 9.97. The molecule has 0 saturated heterocycles. The van der Waals surface area contributed by atoms with E-state index in [1.54, 1.807) is 0 Å². The van der Waals surface area contributed by atoms with E-state index in [9.17, 15) is 9.18 Å². The number of hydrogen-bond donors (Lipinski definition) is 1. The number of nitrogens with zero attached hydrogens (tertiary/aromatic N) is 2. The minimum absolute atomic E-state index is 0.0201. The van der Waals surface area contributed by atoms with Gasteiger partial charge in [0.15, 0.2) is 0 Å². The van der Waals surface area contributed by atoms with Crippen LogP contribution in [0.5, 0.6) is 0 Å². The van der Waals surface area contributed by atoms with Gasteiger partial charge >= 0.3 is 6.01 Å². The molecule has 0 atom stereocenters. The van der Waals surface area contributed by atoms with Gasteiger partial charge in [0.2, 0.25) is 11.8 Å². The first-order valence-corrected chi connectivity index (χ1v) is 7.88. The zero-order chi connectivity index (χ0) is 18.0. The minimum Gasteiger partial charge on any atom is -0.403 e. The van der Waals surface area contributed by atoms with Crippen molar-refractivity contribution in [1.82, 2.24) is 10.2 Å². The fourth-order valence-electron chi connectivity index (χ4n) is 2.80. The van der Waals surface area contributed by atoms with Gasteiger partial charge < -0.3 is 4.42 Å². The Morgan fingerprint density at radius 1 is 1.08 bits per heavy atom. The van der Waals surface area contributed by atoms with E-state index in [1.807, 2.05) is 20.8 Å². The van der Waals surface area contributed by atoms with Crippen LogP contribution >= 0.6 is 0 Å². The molecule has 6 heteroatoms. The highest BCUT2D eigenvalue weighted by atomic mass is 19.1. The van der Waals surface area contributed by atoms with Gasteiger partial charge in [0, 0.05) is 5.56 Å². The third kappa shape index (κ3) is 3.91. The number of rotatable bonds is 4. The number of aryl methyl sites for hydroxylation is 3. The van der Waals surface area contributed by atoms with Gasteiger partial charge in [0.25, 0.3) is 0 Å². The van der Waals surface area contributed by atoms with Crippen molar-refractivity contribution in [3.8, 4) is 11.5 Å². The molecule has 0 saturated carbocycles. The molecule has 128 valence electrons. The van der Waals surface area contributed by atoms with Gasteiger partial charge in [-0.15, -0.1) is 5.10 Å². The SMILES string of the molecule is Cc1cc(C)c(CC(=O)Nc2nnc(-c3ccc(F)cc3)o2)c(C)c1. The highest BCUT2D eigenvalue weighted by molar-refractivity contribution is 5.90. The molecule has 1 heterocycles. The second-order valence-electron chi connectivity index (χ2n) is 6.02. The zero-order valence-corrected chi connectivity index (χ0v) is 14.3.